The number of benzene rings is 2. The highest BCUT2D eigenvalue weighted by Crippen LogP contribution is 2.33. The van der Waals surface area contributed by atoms with Gasteiger partial charge >= 0.3 is 0 Å². The topological polar surface area (TPSA) is 67.2 Å². The zero-order valence-corrected chi connectivity index (χ0v) is 12.3. The summed E-state index contributed by atoms with van der Waals surface area (Å²) in [5, 5.41) is 2.29. The molecule has 4 nitrogen and oxygen atoms in total. The van der Waals surface area contributed by atoms with Crippen LogP contribution in [0.5, 0.6) is 0 Å². The van der Waals surface area contributed by atoms with Gasteiger partial charge in [-0.05, 0) is 47.6 Å². The van der Waals surface area contributed by atoms with Crippen molar-refractivity contribution in [1.29, 1.82) is 0 Å². The Morgan fingerprint density at radius 1 is 1.19 bits per heavy atom. The molecule has 1 aliphatic heterocycles. The van der Waals surface area contributed by atoms with Gasteiger partial charge in [0.1, 0.15) is 0 Å². The molecule has 3 rings (SSSR count). The summed E-state index contributed by atoms with van der Waals surface area (Å²) in [4.78, 5) is 12.0. The van der Waals surface area contributed by atoms with E-state index in [1.165, 1.54) is 5.39 Å². The van der Waals surface area contributed by atoms with Crippen LogP contribution in [-0.2, 0) is 0 Å². The SMILES string of the molecule is Cc1c(C(N)=O)c(C2CCNNCC2)cc2ccccc12. The molecule has 1 amide bonds. The van der Waals surface area contributed by atoms with Gasteiger partial charge in [0.05, 0.1) is 0 Å². The van der Waals surface area contributed by atoms with E-state index in [-0.39, 0.29) is 5.91 Å². The normalized spacial score (nSPS) is 16.8. The van der Waals surface area contributed by atoms with Crippen LogP contribution in [0.3, 0.4) is 0 Å². The minimum Gasteiger partial charge on any atom is -0.366 e. The van der Waals surface area contributed by atoms with Gasteiger partial charge in [0.15, 0.2) is 0 Å². The van der Waals surface area contributed by atoms with Gasteiger partial charge in [0, 0.05) is 18.7 Å². The number of amides is 1. The fourth-order valence-corrected chi connectivity index (χ4v) is 3.33. The summed E-state index contributed by atoms with van der Waals surface area (Å²) in [7, 11) is 0. The molecule has 4 N–H and O–H groups in total. The maximum Gasteiger partial charge on any atom is 0.249 e. The number of carbonyl (C=O) groups is 1. The molecule has 2 aromatic rings. The van der Waals surface area contributed by atoms with Crippen LogP contribution in [0.15, 0.2) is 30.3 Å². The van der Waals surface area contributed by atoms with Crippen molar-refractivity contribution in [3.63, 3.8) is 0 Å². The van der Waals surface area contributed by atoms with Gasteiger partial charge < -0.3 is 5.73 Å². The van der Waals surface area contributed by atoms with Gasteiger partial charge in [0.2, 0.25) is 5.91 Å². The lowest BCUT2D eigenvalue weighted by atomic mass is 9.84. The van der Waals surface area contributed by atoms with E-state index in [1.54, 1.807) is 0 Å². The molecule has 0 spiro atoms. The molecular formula is C17H21N3O. The molecule has 0 aromatic heterocycles. The Morgan fingerprint density at radius 3 is 2.52 bits per heavy atom. The highest BCUT2D eigenvalue weighted by molar-refractivity contribution is 6.02. The van der Waals surface area contributed by atoms with Crippen LogP contribution in [0.4, 0.5) is 0 Å². The largest absolute Gasteiger partial charge is 0.366 e. The smallest absolute Gasteiger partial charge is 0.249 e. The Morgan fingerprint density at radius 2 is 1.86 bits per heavy atom. The van der Waals surface area contributed by atoms with Crippen molar-refractivity contribution >= 4 is 16.7 Å². The molecule has 1 fully saturated rings. The number of primary amides is 1. The molecular weight excluding hydrogens is 262 g/mol. The zero-order chi connectivity index (χ0) is 14.8. The van der Waals surface area contributed by atoms with Gasteiger partial charge in [-0.2, -0.15) is 0 Å². The first-order valence-electron chi connectivity index (χ1n) is 7.46. The van der Waals surface area contributed by atoms with E-state index in [0.29, 0.717) is 11.5 Å². The maximum atomic E-state index is 12.0. The molecule has 4 heteroatoms. The number of fused-ring (bicyclic) bond motifs is 1. The standard InChI is InChI=1S/C17H21N3O/c1-11-14-5-3-2-4-13(14)10-15(16(11)17(18)21)12-6-8-19-20-9-7-12/h2-5,10,12,19-20H,6-9H2,1H3,(H2,18,21). The fraction of sp³-hybridized carbons (Fsp3) is 0.353. The summed E-state index contributed by atoms with van der Waals surface area (Å²) < 4.78 is 0. The number of nitrogens with two attached hydrogens (primary N) is 1. The van der Waals surface area contributed by atoms with Crippen molar-refractivity contribution in [3.8, 4) is 0 Å². The number of carbonyl (C=O) groups excluding carboxylic acids is 1. The molecule has 21 heavy (non-hydrogen) atoms. The Bertz CT molecular complexity index is 673. The quantitative estimate of drug-likeness (QED) is 0.791. The number of rotatable bonds is 2. The van der Waals surface area contributed by atoms with Crippen LogP contribution in [0.25, 0.3) is 10.8 Å². The highest BCUT2D eigenvalue weighted by Gasteiger charge is 2.22. The molecule has 2 aromatic carbocycles. The minimum atomic E-state index is -0.321. The van der Waals surface area contributed by atoms with Crippen LogP contribution in [0, 0.1) is 6.92 Å². The van der Waals surface area contributed by atoms with Crippen molar-refractivity contribution in [2.75, 3.05) is 13.1 Å². The third-order valence-corrected chi connectivity index (χ3v) is 4.39. The minimum absolute atomic E-state index is 0.321. The molecule has 1 aliphatic rings. The number of hydrogen-bond acceptors (Lipinski definition) is 3. The van der Waals surface area contributed by atoms with E-state index < -0.39 is 0 Å². The lowest BCUT2D eigenvalue weighted by Crippen LogP contribution is -2.30. The van der Waals surface area contributed by atoms with Crippen LogP contribution >= 0.6 is 0 Å². The summed E-state index contributed by atoms with van der Waals surface area (Å²) in [6.45, 7) is 3.79. The molecule has 0 aliphatic carbocycles. The van der Waals surface area contributed by atoms with Crippen molar-refractivity contribution in [3.05, 3.63) is 47.0 Å². The lowest BCUT2D eigenvalue weighted by molar-refractivity contribution is 0.0998. The van der Waals surface area contributed by atoms with Crippen LogP contribution in [0.1, 0.15) is 40.2 Å². The number of aryl methyl sites for hydroxylation is 1. The average Bonchev–Trinajstić information content (AvgIpc) is 2.75. The summed E-state index contributed by atoms with van der Waals surface area (Å²) in [5.41, 5.74) is 14.9. The summed E-state index contributed by atoms with van der Waals surface area (Å²) in [6, 6.07) is 10.3. The van der Waals surface area contributed by atoms with Crippen molar-refractivity contribution in [2.24, 2.45) is 5.73 Å². The van der Waals surface area contributed by atoms with Crippen LogP contribution < -0.4 is 16.6 Å². The van der Waals surface area contributed by atoms with Gasteiger partial charge in [-0.1, -0.05) is 30.3 Å². The Labute approximate surface area is 124 Å². The second-order valence-electron chi connectivity index (χ2n) is 5.68. The predicted octanol–water partition coefficient (Wildman–Crippen LogP) is 2.22. The third kappa shape index (κ3) is 2.64. The number of hydrazine groups is 1. The van der Waals surface area contributed by atoms with E-state index in [0.717, 1.165) is 42.4 Å². The van der Waals surface area contributed by atoms with Gasteiger partial charge in [-0.3, -0.25) is 15.6 Å². The van der Waals surface area contributed by atoms with E-state index in [9.17, 15) is 4.79 Å². The van der Waals surface area contributed by atoms with E-state index in [1.807, 2.05) is 19.1 Å². The van der Waals surface area contributed by atoms with Gasteiger partial charge in [-0.25, -0.2) is 0 Å². The number of hydrogen-bond donors (Lipinski definition) is 3. The monoisotopic (exact) mass is 283 g/mol. The Balaban J connectivity index is 2.19. The van der Waals surface area contributed by atoms with Gasteiger partial charge in [0.25, 0.3) is 0 Å². The zero-order valence-electron chi connectivity index (χ0n) is 12.3. The molecule has 1 saturated heterocycles. The summed E-state index contributed by atoms with van der Waals surface area (Å²) in [5.74, 6) is 0.0386. The first kappa shape index (κ1) is 14.0. The van der Waals surface area contributed by atoms with Gasteiger partial charge in [-0.15, -0.1) is 0 Å². The Hall–Kier alpha value is -1.91. The molecule has 0 unspecified atom stereocenters. The predicted molar refractivity (Wildman–Crippen MR) is 85.2 cm³/mol. The number of nitrogens with one attached hydrogen (secondary N) is 2. The Kier molecular flexibility index (Phi) is 3.90. The first-order chi connectivity index (χ1) is 10.2. The first-order valence-corrected chi connectivity index (χ1v) is 7.46. The summed E-state index contributed by atoms with van der Waals surface area (Å²) >= 11 is 0. The van der Waals surface area contributed by atoms with E-state index in [4.69, 9.17) is 5.73 Å². The second kappa shape index (κ2) is 5.84. The molecule has 1 heterocycles. The molecule has 0 saturated carbocycles. The molecule has 0 bridgehead atoms. The van der Waals surface area contributed by atoms with Crippen molar-refractivity contribution in [1.82, 2.24) is 10.9 Å². The van der Waals surface area contributed by atoms with Crippen molar-refractivity contribution < 1.29 is 4.79 Å². The third-order valence-electron chi connectivity index (χ3n) is 4.39. The average molecular weight is 283 g/mol. The summed E-state index contributed by atoms with van der Waals surface area (Å²) in [6.07, 6.45) is 2.01. The highest BCUT2D eigenvalue weighted by atomic mass is 16.1. The second-order valence-corrected chi connectivity index (χ2v) is 5.68. The van der Waals surface area contributed by atoms with E-state index in [2.05, 4.69) is 29.1 Å². The van der Waals surface area contributed by atoms with E-state index >= 15 is 0 Å². The molecule has 0 radical (unpaired) electrons. The molecule has 110 valence electrons. The van der Waals surface area contributed by atoms with Crippen LogP contribution in [-0.4, -0.2) is 19.0 Å². The fourth-order valence-electron chi connectivity index (χ4n) is 3.33. The van der Waals surface area contributed by atoms with Crippen LogP contribution in [0.2, 0.25) is 0 Å². The molecule has 0 atom stereocenters. The lowest BCUT2D eigenvalue weighted by Gasteiger charge is -2.20. The maximum absolute atomic E-state index is 12.0. The van der Waals surface area contributed by atoms with Crippen molar-refractivity contribution in [2.45, 2.75) is 25.7 Å².